The van der Waals surface area contributed by atoms with Gasteiger partial charge in [0.15, 0.2) is 0 Å². The maximum absolute atomic E-state index is 13.3. The Morgan fingerprint density at radius 1 is 1.07 bits per heavy atom. The summed E-state index contributed by atoms with van der Waals surface area (Å²) in [6, 6.07) is 8.19. The van der Waals surface area contributed by atoms with Crippen molar-refractivity contribution in [1.82, 2.24) is 9.80 Å². The Kier molecular flexibility index (Phi) is 6.78. The zero-order chi connectivity index (χ0) is 20.1. The number of thiophene rings is 2. The lowest BCUT2D eigenvalue weighted by Crippen LogP contribution is -2.45. The normalized spacial score (nSPS) is 15.5. The molecule has 1 fully saturated rings. The van der Waals surface area contributed by atoms with Gasteiger partial charge in [0.25, 0.3) is 0 Å². The lowest BCUT2D eigenvalue weighted by molar-refractivity contribution is -0.138. The molecule has 1 aliphatic rings. The van der Waals surface area contributed by atoms with Crippen molar-refractivity contribution in [2.24, 2.45) is 5.92 Å². The minimum absolute atomic E-state index is 0.0430. The molecule has 3 rings (SSSR count). The predicted octanol–water partition coefficient (Wildman–Crippen LogP) is 4.99. The summed E-state index contributed by atoms with van der Waals surface area (Å²) in [5.41, 5.74) is -0.498. The topological polar surface area (TPSA) is 49.9 Å². The third kappa shape index (κ3) is 5.82. The molecule has 3 heterocycles. The van der Waals surface area contributed by atoms with E-state index in [1.807, 2.05) is 48.6 Å². The zero-order valence-electron chi connectivity index (χ0n) is 16.7. The number of ether oxygens (including phenoxy) is 1. The Balaban J connectivity index is 1.60. The van der Waals surface area contributed by atoms with Gasteiger partial charge in [-0.05, 0) is 56.5 Å². The molecule has 0 radical (unpaired) electrons. The third-order valence-electron chi connectivity index (χ3n) is 4.66. The highest BCUT2D eigenvalue weighted by atomic mass is 32.1. The first kappa shape index (κ1) is 20.9. The van der Waals surface area contributed by atoms with Gasteiger partial charge in [-0.1, -0.05) is 12.1 Å². The number of nitrogens with zero attached hydrogens (tertiary/aromatic N) is 2. The van der Waals surface area contributed by atoms with Crippen molar-refractivity contribution < 1.29 is 14.3 Å². The van der Waals surface area contributed by atoms with Crippen LogP contribution in [-0.2, 0) is 22.6 Å². The highest BCUT2D eigenvalue weighted by Crippen LogP contribution is 2.25. The minimum Gasteiger partial charge on any atom is -0.444 e. The summed E-state index contributed by atoms with van der Waals surface area (Å²) in [4.78, 5) is 31.6. The second kappa shape index (κ2) is 9.09. The van der Waals surface area contributed by atoms with E-state index in [1.165, 1.54) is 9.75 Å². The molecular weight excluding hydrogens is 392 g/mol. The van der Waals surface area contributed by atoms with E-state index in [0.717, 1.165) is 0 Å². The first-order valence-corrected chi connectivity index (χ1v) is 11.4. The van der Waals surface area contributed by atoms with E-state index in [9.17, 15) is 9.59 Å². The van der Waals surface area contributed by atoms with Crippen molar-refractivity contribution >= 4 is 34.7 Å². The van der Waals surface area contributed by atoms with Gasteiger partial charge < -0.3 is 14.5 Å². The summed E-state index contributed by atoms with van der Waals surface area (Å²) in [5, 5.41) is 4.09. The lowest BCUT2D eigenvalue weighted by atomic mass is 9.95. The minimum atomic E-state index is -0.498. The summed E-state index contributed by atoms with van der Waals surface area (Å²) in [5.74, 6) is 0.143. The van der Waals surface area contributed by atoms with Crippen molar-refractivity contribution in [2.45, 2.75) is 52.3 Å². The summed E-state index contributed by atoms with van der Waals surface area (Å²) in [6.07, 6.45) is 1.08. The highest BCUT2D eigenvalue weighted by molar-refractivity contribution is 7.10. The molecule has 2 amide bonds. The van der Waals surface area contributed by atoms with Gasteiger partial charge in [-0.2, -0.15) is 0 Å². The number of likely N-dealkylation sites (tertiary alicyclic amines) is 1. The molecule has 152 valence electrons. The smallest absolute Gasteiger partial charge is 0.410 e. The maximum Gasteiger partial charge on any atom is 0.410 e. The molecule has 2 aromatic rings. The average Bonchev–Trinajstić information content (AvgIpc) is 3.33. The zero-order valence-corrected chi connectivity index (χ0v) is 18.4. The van der Waals surface area contributed by atoms with Crippen LogP contribution in [0.5, 0.6) is 0 Å². The second-order valence-electron chi connectivity index (χ2n) is 8.09. The highest BCUT2D eigenvalue weighted by Gasteiger charge is 2.32. The van der Waals surface area contributed by atoms with Crippen molar-refractivity contribution in [3.63, 3.8) is 0 Å². The summed E-state index contributed by atoms with van der Waals surface area (Å²) >= 11 is 3.36. The Bertz CT molecular complexity index is 722. The fourth-order valence-electron chi connectivity index (χ4n) is 3.29. The standard InChI is InChI=1S/C21H28N2O3S2/c1-21(2,3)26-20(25)22-10-8-16(9-11-22)19(24)23(14-17-6-4-12-27-17)15-18-7-5-13-28-18/h4-7,12-13,16H,8-11,14-15H2,1-3H3. The molecule has 0 unspecified atom stereocenters. The van der Waals surface area contributed by atoms with E-state index in [-0.39, 0.29) is 17.9 Å². The van der Waals surface area contributed by atoms with E-state index < -0.39 is 5.60 Å². The Labute approximate surface area is 174 Å². The monoisotopic (exact) mass is 420 g/mol. The van der Waals surface area contributed by atoms with Crippen LogP contribution in [0.4, 0.5) is 4.79 Å². The van der Waals surface area contributed by atoms with E-state index in [2.05, 4.69) is 12.1 Å². The summed E-state index contributed by atoms with van der Waals surface area (Å²) in [7, 11) is 0. The molecule has 0 saturated carbocycles. The number of piperidine rings is 1. The van der Waals surface area contributed by atoms with E-state index in [4.69, 9.17) is 4.74 Å². The molecule has 0 N–H and O–H groups in total. The van der Waals surface area contributed by atoms with Gasteiger partial charge in [0.05, 0.1) is 13.1 Å². The number of hydrogen-bond donors (Lipinski definition) is 0. The maximum atomic E-state index is 13.3. The number of rotatable bonds is 5. The quantitative estimate of drug-likeness (QED) is 0.685. The average molecular weight is 421 g/mol. The van der Waals surface area contributed by atoms with Crippen LogP contribution in [-0.4, -0.2) is 40.5 Å². The molecule has 0 aromatic carbocycles. The van der Waals surface area contributed by atoms with Gasteiger partial charge in [-0.15, -0.1) is 22.7 Å². The van der Waals surface area contributed by atoms with Crippen LogP contribution < -0.4 is 0 Å². The summed E-state index contributed by atoms with van der Waals surface area (Å²) in [6.45, 7) is 8.02. The SMILES string of the molecule is CC(C)(C)OC(=O)N1CCC(C(=O)N(Cc2cccs2)Cc2cccs2)CC1. The van der Waals surface area contributed by atoms with Crippen molar-refractivity contribution in [3.05, 3.63) is 44.8 Å². The third-order valence-corrected chi connectivity index (χ3v) is 6.38. The van der Waals surface area contributed by atoms with Crippen LogP contribution in [0.25, 0.3) is 0 Å². The predicted molar refractivity (Wildman–Crippen MR) is 113 cm³/mol. The molecule has 1 saturated heterocycles. The lowest BCUT2D eigenvalue weighted by Gasteiger charge is -2.35. The van der Waals surface area contributed by atoms with E-state index in [1.54, 1.807) is 27.6 Å². The Morgan fingerprint density at radius 3 is 2.04 bits per heavy atom. The molecule has 2 aromatic heterocycles. The molecular formula is C21H28N2O3S2. The number of amides is 2. The van der Waals surface area contributed by atoms with Crippen LogP contribution in [0.15, 0.2) is 35.0 Å². The second-order valence-corrected chi connectivity index (χ2v) is 10.2. The molecule has 28 heavy (non-hydrogen) atoms. The van der Waals surface area contributed by atoms with Gasteiger partial charge in [-0.3, -0.25) is 4.79 Å². The van der Waals surface area contributed by atoms with Crippen LogP contribution in [0, 0.1) is 5.92 Å². The number of carbonyl (C=O) groups excluding carboxylic acids is 2. The molecule has 0 spiro atoms. The fraction of sp³-hybridized carbons (Fsp3) is 0.524. The fourth-order valence-corrected chi connectivity index (χ4v) is 4.73. The number of hydrogen-bond acceptors (Lipinski definition) is 5. The Morgan fingerprint density at radius 2 is 1.61 bits per heavy atom. The van der Waals surface area contributed by atoms with Gasteiger partial charge >= 0.3 is 6.09 Å². The Hall–Kier alpha value is -1.86. The van der Waals surface area contributed by atoms with Gasteiger partial charge in [-0.25, -0.2) is 4.79 Å². The van der Waals surface area contributed by atoms with Crippen LogP contribution >= 0.6 is 22.7 Å². The first-order chi connectivity index (χ1) is 13.3. The van der Waals surface area contributed by atoms with Crippen LogP contribution in [0.3, 0.4) is 0 Å². The van der Waals surface area contributed by atoms with Crippen LogP contribution in [0.1, 0.15) is 43.4 Å². The van der Waals surface area contributed by atoms with Gasteiger partial charge in [0.1, 0.15) is 5.60 Å². The van der Waals surface area contributed by atoms with E-state index >= 15 is 0 Å². The van der Waals surface area contributed by atoms with Gasteiger partial charge in [0.2, 0.25) is 5.91 Å². The van der Waals surface area contributed by atoms with Crippen molar-refractivity contribution in [2.75, 3.05) is 13.1 Å². The molecule has 0 bridgehead atoms. The largest absolute Gasteiger partial charge is 0.444 e. The van der Waals surface area contributed by atoms with E-state index in [0.29, 0.717) is 39.0 Å². The first-order valence-electron chi connectivity index (χ1n) is 9.63. The molecule has 1 aliphatic heterocycles. The van der Waals surface area contributed by atoms with Crippen molar-refractivity contribution in [3.8, 4) is 0 Å². The molecule has 7 heteroatoms. The molecule has 0 aliphatic carbocycles. The number of carbonyl (C=O) groups is 2. The van der Waals surface area contributed by atoms with Gasteiger partial charge in [0, 0.05) is 28.8 Å². The van der Waals surface area contributed by atoms with Crippen LogP contribution in [0.2, 0.25) is 0 Å². The van der Waals surface area contributed by atoms with Crippen molar-refractivity contribution in [1.29, 1.82) is 0 Å². The summed E-state index contributed by atoms with van der Waals surface area (Å²) < 4.78 is 5.46. The molecule has 5 nitrogen and oxygen atoms in total. The molecule has 0 atom stereocenters.